The third kappa shape index (κ3) is 5.57. The van der Waals surface area contributed by atoms with Gasteiger partial charge in [-0.2, -0.15) is 4.98 Å². The van der Waals surface area contributed by atoms with Crippen LogP contribution in [0, 0.1) is 0 Å². The average Bonchev–Trinajstić information content (AvgIpc) is 3.12. The molecule has 154 valence electrons. The van der Waals surface area contributed by atoms with Gasteiger partial charge in [-0.1, -0.05) is 79.5 Å². The predicted octanol–water partition coefficient (Wildman–Crippen LogP) is 4.96. The van der Waals surface area contributed by atoms with E-state index in [2.05, 4.69) is 35.6 Å². The van der Waals surface area contributed by atoms with Gasteiger partial charge < -0.3 is 4.52 Å². The van der Waals surface area contributed by atoms with Crippen LogP contribution in [0.2, 0.25) is 10.0 Å². The number of nitrogens with one attached hydrogen (secondary N) is 1. The third-order valence-corrected chi connectivity index (χ3v) is 6.28. The highest BCUT2D eigenvalue weighted by atomic mass is 35.5. The Morgan fingerprint density at radius 1 is 1.03 bits per heavy atom. The zero-order chi connectivity index (χ0) is 21.2. The highest BCUT2D eigenvalue weighted by Crippen LogP contribution is 2.26. The van der Waals surface area contributed by atoms with Crippen LogP contribution < -0.4 is 4.72 Å². The molecular formula is C20H21Cl2N3O3S. The van der Waals surface area contributed by atoms with Crippen LogP contribution in [0.4, 0.5) is 0 Å². The maximum atomic E-state index is 12.4. The zero-order valence-electron chi connectivity index (χ0n) is 16.2. The lowest BCUT2D eigenvalue weighted by atomic mass is 9.87. The van der Waals surface area contributed by atoms with Gasteiger partial charge in [0.05, 0.1) is 12.3 Å². The van der Waals surface area contributed by atoms with E-state index in [0.29, 0.717) is 21.4 Å². The Morgan fingerprint density at radius 3 is 2.24 bits per heavy atom. The number of hydrogen-bond donors (Lipinski definition) is 1. The SMILES string of the molecule is CC(C)(C)c1ccc(-c2noc(CNS(=O)(=O)Cc3c(Cl)cccc3Cl)n2)cc1. The van der Waals surface area contributed by atoms with Crippen LogP contribution in [0.3, 0.4) is 0 Å². The fourth-order valence-corrected chi connectivity index (χ4v) is 4.47. The van der Waals surface area contributed by atoms with Crippen LogP contribution in [0.25, 0.3) is 11.4 Å². The quantitative estimate of drug-likeness (QED) is 0.569. The lowest BCUT2D eigenvalue weighted by molar-refractivity contribution is 0.376. The Balaban J connectivity index is 1.67. The number of benzene rings is 2. The van der Waals surface area contributed by atoms with E-state index >= 15 is 0 Å². The van der Waals surface area contributed by atoms with Crippen molar-refractivity contribution in [2.24, 2.45) is 0 Å². The maximum Gasteiger partial charge on any atom is 0.242 e. The van der Waals surface area contributed by atoms with E-state index in [-0.39, 0.29) is 23.6 Å². The molecule has 0 radical (unpaired) electrons. The molecule has 0 aliphatic heterocycles. The fraction of sp³-hybridized carbons (Fsp3) is 0.300. The Hall–Kier alpha value is -1.93. The van der Waals surface area contributed by atoms with E-state index in [9.17, 15) is 8.42 Å². The van der Waals surface area contributed by atoms with Crippen LogP contribution in [-0.2, 0) is 27.7 Å². The summed E-state index contributed by atoms with van der Waals surface area (Å²) in [6, 6.07) is 12.7. The van der Waals surface area contributed by atoms with E-state index < -0.39 is 10.0 Å². The summed E-state index contributed by atoms with van der Waals surface area (Å²) >= 11 is 12.1. The first-order valence-electron chi connectivity index (χ1n) is 8.89. The Labute approximate surface area is 180 Å². The van der Waals surface area contributed by atoms with Crippen LogP contribution in [0.1, 0.15) is 37.8 Å². The van der Waals surface area contributed by atoms with Crippen LogP contribution in [-0.4, -0.2) is 18.6 Å². The Morgan fingerprint density at radius 2 is 1.66 bits per heavy atom. The summed E-state index contributed by atoms with van der Waals surface area (Å²) in [6.45, 7) is 6.28. The molecule has 0 saturated carbocycles. The van der Waals surface area contributed by atoms with Gasteiger partial charge in [-0.15, -0.1) is 0 Å². The minimum Gasteiger partial charge on any atom is -0.338 e. The lowest BCUT2D eigenvalue weighted by Gasteiger charge is -2.18. The first kappa shape index (κ1) is 21.8. The largest absolute Gasteiger partial charge is 0.338 e. The molecule has 0 aliphatic carbocycles. The molecule has 1 N–H and O–H groups in total. The van der Waals surface area contributed by atoms with Crippen LogP contribution >= 0.6 is 23.2 Å². The van der Waals surface area contributed by atoms with E-state index in [1.165, 1.54) is 5.56 Å². The van der Waals surface area contributed by atoms with E-state index in [1.807, 2.05) is 24.3 Å². The van der Waals surface area contributed by atoms with E-state index in [0.717, 1.165) is 5.56 Å². The predicted molar refractivity (Wildman–Crippen MR) is 114 cm³/mol. The summed E-state index contributed by atoms with van der Waals surface area (Å²) in [4.78, 5) is 4.26. The van der Waals surface area contributed by atoms with Crippen molar-refractivity contribution >= 4 is 33.2 Å². The fourth-order valence-electron chi connectivity index (χ4n) is 2.65. The molecule has 3 rings (SSSR count). The molecule has 3 aromatic rings. The van der Waals surface area contributed by atoms with Gasteiger partial charge in [0, 0.05) is 21.2 Å². The number of sulfonamides is 1. The molecule has 9 heteroatoms. The van der Waals surface area contributed by atoms with Gasteiger partial charge >= 0.3 is 0 Å². The Kier molecular flexibility index (Phi) is 6.33. The van der Waals surface area contributed by atoms with Crippen molar-refractivity contribution in [3.8, 4) is 11.4 Å². The summed E-state index contributed by atoms with van der Waals surface area (Å²) in [5, 5.41) is 4.51. The maximum absolute atomic E-state index is 12.4. The molecule has 6 nitrogen and oxygen atoms in total. The average molecular weight is 454 g/mol. The van der Waals surface area contributed by atoms with Crippen LogP contribution in [0.5, 0.6) is 0 Å². The second kappa shape index (κ2) is 8.44. The van der Waals surface area contributed by atoms with Gasteiger partial charge in [0.1, 0.15) is 0 Å². The molecule has 0 unspecified atom stereocenters. The van der Waals surface area contributed by atoms with Crippen LogP contribution in [0.15, 0.2) is 47.0 Å². The van der Waals surface area contributed by atoms with Gasteiger partial charge in [0.2, 0.25) is 21.7 Å². The van der Waals surface area contributed by atoms with Crippen molar-refractivity contribution in [2.75, 3.05) is 0 Å². The third-order valence-electron chi connectivity index (χ3n) is 4.32. The van der Waals surface area contributed by atoms with Gasteiger partial charge in [-0.25, -0.2) is 13.1 Å². The van der Waals surface area contributed by atoms with Crippen molar-refractivity contribution in [3.63, 3.8) is 0 Å². The minimum atomic E-state index is -3.70. The highest BCUT2D eigenvalue weighted by molar-refractivity contribution is 7.88. The van der Waals surface area contributed by atoms with E-state index in [4.69, 9.17) is 27.7 Å². The summed E-state index contributed by atoms with van der Waals surface area (Å²) in [5.41, 5.74) is 2.37. The molecule has 0 saturated heterocycles. The smallest absolute Gasteiger partial charge is 0.242 e. The topological polar surface area (TPSA) is 85.1 Å². The van der Waals surface area contributed by atoms with Crippen molar-refractivity contribution in [1.29, 1.82) is 0 Å². The number of aromatic nitrogens is 2. The molecular weight excluding hydrogens is 433 g/mol. The summed E-state index contributed by atoms with van der Waals surface area (Å²) in [5.74, 6) is 0.211. The van der Waals surface area contributed by atoms with Crippen molar-refractivity contribution < 1.29 is 12.9 Å². The molecule has 0 fully saturated rings. The monoisotopic (exact) mass is 453 g/mol. The van der Waals surface area contributed by atoms with Gasteiger partial charge in [-0.3, -0.25) is 0 Å². The van der Waals surface area contributed by atoms with Gasteiger partial charge in [-0.05, 0) is 23.1 Å². The zero-order valence-corrected chi connectivity index (χ0v) is 18.6. The standard InChI is InChI=1S/C20H21Cl2N3O3S/c1-20(2,3)14-9-7-13(8-10-14)19-24-18(28-25-19)11-23-29(26,27)12-15-16(21)5-4-6-17(15)22/h4-10,23H,11-12H2,1-3H3. The Bertz CT molecular complexity index is 1080. The molecule has 1 heterocycles. The second-order valence-electron chi connectivity index (χ2n) is 7.62. The molecule has 0 spiro atoms. The lowest BCUT2D eigenvalue weighted by Crippen LogP contribution is -2.25. The van der Waals surface area contributed by atoms with Crippen molar-refractivity contribution in [1.82, 2.24) is 14.9 Å². The van der Waals surface area contributed by atoms with E-state index in [1.54, 1.807) is 18.2 Å². The van der Waals surface area contributed by atoms with Gasteiger partial charge in [0.15, 0.2) is 0 Å². The summed E-state index contributed by atoms with van der Waals surface area (Å²) < 4.78 is 32.3. The number of rotatable bonds is 6. The molecule has 0 amide bonds. The summed E-state index contributed by atoms with van der Waals surface area (Å²) in [6.07, 6.45) is 0. The second-order valence-corrected chi connectivity index (χ2v) is 10.2. The van der Waals surface area contributed by atoms with Gasteiger partial charge in [0.25, 0.3) is 0 Å². The minimum absolute atomic E-state index is 0.0454. The van der Waals surface area contributed by atoms with Crippen molar-refractivity contribution in [3.05, 3.63) is 69.5 Å². The number of nitrogens with zero attached hydrogens (tertiary/aromatic N) is 2. The number of halogens is 2. The molecule has 1 aromatic heterocycles. The molecule has 29 heavy (non-hydrogen) atoms. The first-order valence-corrected chi connectivity index (χ1v) is 11.3. The molecule has 0 aliphatic rings. The summed E-state index contributed by atoms with van der Waals surface area (Å²) in [7, 11) is -3.70. The molecule has 0 atom stereocenters. The molecule has 2 aromatic carbocycles. The molecule has 0 bridgehead atoms. The number of hydrogen-bond acceptors (Lipinski definition) is 5. The first-order chi connectivity index (χ1) is 13.5. The van der Waals surface area contributed by atoms with Crippen molar-refractivity contribution in [2.45, 2.75) is 38.5 Å². The normalized spacial score (nSPS) is 12.3. The highest BCUT2D eigenvalue weighted by Gasteiger charge is 2.19.